The highest BCUT2D eigenvalue weighted by Gasteiger charge is 2.14. The molecule has 0 spiro atoms. The molecule has 0 radical (unpaired) electrons. The second kappa shape index (κ2) is 6.02. The molecule has 0 unspecified atom stereocenters. The van der Waals surface area contributed by atoms with E-state index in [1.54, 1.807) is 23.6 Å². The fraction of sp³-hybridized carbons (Fsp3) is 0. The van der Waals surface area contributed by atoms with Crippen molar-refractivity contribution in [1.29, 1.82) is 0 Å². The van der Waals surface area contributed by atoms with Gasteiger partial charge in [-0.3, -0.25) is 4.79 Å². The third kappa shape index (κ3) is 3.54. The van der Waals surface area contributed by atoms with Crippen molar-refractivity contribution in [2.45, 2.75) is 0 Å². The maximum atomic E-state index is 12.0. The Hall–Kier alpha value is -0.930. The van der Waals surface area contributed by atoms with Crippen LogP contribution in [0.1, 0.15) is 20.7 Å². The summed E-state index contributed by atoms with van der Waals surface area (Å²) in [7, 11) is 0. The molecule has 0 aliphatic rings. The normalized spacial score (nSPS) is 10.2. The number of benzene rings is 1. The average molecular weight is 452 g/mol. The molecule has 98 valence electrons. The lowest BCUT2D eigenvalue weighted by Gasteiger charge is -2.08. The van der Waals surface area contributed by atoms with E-state index >= 15 is 0 Å². The first-order valence-corrected chi connectivity index (χ1v) is 7.81. The summed E-state index contributed by atoms with van der Waals surface area (Å²) >= 11 is 6.69. The van der Waals surface area contributed by atoms with E-state index in [4.69, 9.17) is 5.11 Å². The number of hydrogen-bond donors (Lipinski definition) is 2. The molecule has 0 aliphatic heterocycles. The number of carboxylic acid groups (broad SMARTS) is 1. The van der Waals surface area contributed by atoms with Gasteiger partial charge in [-0.1, -0.05) is 0 Å². The third-order valence-electron chi connectivity index (χ3n) is 2.29. The van der Waals surface area contributed by atoms with Gasteiger partial charge in [0.05, 0.1) is 20.6 Å². The Kier molecular flexibility index (Phi) is 4.58. The van der Waals surface area contributed by atoms with Crippen molar-refractivity contribution in [2.24, 2.45) is 0 Å². The van der Waals surface area contributed by atoms with Gasteiger partial charge in [0.15, 0.2) is 0 Å². The minimum atomic E-state index is -1.07. The van der Waals surface area contributed by atoms with Crippen LogP contribution in [0.5, 0.6) is 0 Å². The number of nitrogens with one attached hydrogen (secondary N) is 1. The Morgan fingerprint density at radius 2 is 2.05 bits per heavy atom. The van der Waals surface area contributed by atoms with Crippen molar-refractivity contribution in [2.75, 3.05) is 5.32 Å². The smallest absolute Gasteiger partial charge is 0.337 e. The number of aromatic carboxylic acids is 1. The van der Waals surface area contributed by atoms with Gasteiger partial charge < -0.3 is 10.4 Å². The summed E-state index contributed by atoms with van der Waals surface area (Å²) in [6.45, 7) is 0. The number of halogens is 2. The topological polar surface area (TPSA) is 66.4 Å². The highest BCUT2D eigenvalue weighted by Crippen LogP contribution is 2.23. The summed E-state index contributed by atoms with van der Waals surface area (Å²) in [5.41, 5.74) is 0.863. The van der Waals surface area contributed by atoms with Crippen LogP contribution in [-0.2, 0) is 0 Å². The van der Waals surface area contributed by atoms with Crippen molar-refractivity contribution in [3.8, 4) is 0 Å². The largest absolute Gasteiger partial charge is 0.478 e. The molecule has 0 saturated heterocycles. The van der Waals surface area contributed by atoms with Gasteiger partial charge in [-0.15, -0.1) is 11.3 Å². The van der Waals surface area contributed by atoms with Crippen LogP contribution < -0.4 is 5.32 Å². The van der Waals surface area contributed by atoms with E-state index in [2.05, 4.69) is 21.2 Å². The lowest BCUT2D eigenvalue weighted by Crippen LogP contribution is -2.14. The van der Waals surface area contributed by atoms with Crippen LogP contribution in [0.3, 0.4) is 0 Å². The molecule has 4 nitrogen and oxygen atoms in total. The second-order valence-electron chi connectivity index (χ2n) is 3.59. The number of amides is 1. The third-order valence-corrected chi connectivity index (χ3v) is 4.47. The van der Waals surface area contributed by atoms with Crippen LogP contribution >= 0.6 is 49.9 Å². The monoisotopic (exact) mass is 451 g/mol. The maximum absolute atomic E-state index is 12.0. The van der Waals surface area contributed by atoms with Crippen LogP contribution in [0.25, 0.3) is 0 Å². The molecular weight excluding hydrogens is 445 g/mol. The van der Waals surface area contributed by atoms with Gasteiger partial charge in [0, 0.05) is 8.95 Å². The van der Waals surface area contributed by atoms with E-state index in [0.29, 0.717) is 11.3 Å². The van der Waals surface area contributed by atoms with Crippen LogP contribution in [0.2, 0.25) is 0 Å². The summed E-state index contributed by atoms with van der Waals surface area (Å²) in [6, 6.07) is 6.53. The summed E-state index contributed by atoms with van der Waals surface area (Å²) in [4.78, 5) is 23.1. The highest BCUT2D eigenvalue weighted by molar-refractivity contribution is 14.1. The van der Waals surface area contributed by atoms with Gasteiger partial charge >= 0.3 is 5.97 Å². The number of rotatable bonds is 3. The van der Waals surface area contributed by atoms with E-state index in [1.807, 2.05) is 22.6 Å². The van der Waals surface area contributed by atoms with Crippen LogP contribution in [0.4, 0.5) is 5.69 Å². The fourth-order valence-electron chi connectivity index (χ4n) is 1.43. The maximum Gasteiger partial charge on any atom is 0.337 e. The number of carbonyl (C=O) groups excluding carboxylic acids is 1. The van der Waals surface area contributed by atoms with Gasteiger partial charge in [-0.2, -0.15) is 0 Å². The van der Waals surface area contributed by atoms with Crippen molar-refractivity contribution in [3.05, 3.63) is 48.1 Å². The Morgan fingerprint density at radius 1 is 1.32 bits per heavy atom. The number of carboxylic acids is 1. The van der Waals surface area contributed by atoms with Gasteiger partial charge in [0.1, 0.15) is 0 Å². The van der Waals surface area contributed by atoms with E-state index in [9.17, 15) is 9.59 Å². The van der Waals surface area contributed by atoms with Crippen molar-refractivity contribution >= 4 is 67.4 Å². The van der Waals surface area contributed by atoms with Crippen LogP contribution in [-0.4, -0.2) is 17.0 Å². The van der Waals surface area contributed by atoms with Gasteiger partial charge in [-0.25, -0.2) is 4.79 Å². The lowest BCUT2D eigenvalue weighted by molar-refractivity contribution is 0.0698. The molecular formula is C12H7BrINO3S. The highest BCUT2D eigenvalue weighted by atomic mass is 127. The Balaban J connectivity index is 2.28. The molecule has 0 bridgehead atoms. The molecule has 2 rings (SSSR count). The first-order chi connectivity index (χ1) is 8.97. The zero-order valence-corrected chi connectivity index (χ0v) is 13.9. The first kappa shape index (κ1) is 14.5. The SMILES string of the molecule is O=C(Nc1ccc(I)cc1C(=O)O)c1csc(Br)c1. The number of thiophene rings is 1. The fourth-order valence-corrected chi connectivity index (χ4v) is 3.05. The number of anilines is 1. The van der Waals surface area contributed by atoms with E-state index in [0.717, 1.165) is 7.36 Å². The van der Waals surface area contributed by atoms with Crippen molar-refractivity contribution in [3.63, 3.8) is 0 Å². The molecule has 1 heterocycles. The minimum absolute atomic E-state index is 0.0783. The Labute approximate surface area is 135 Å². The van der Waals surface area contributed by atoms with E-state index in [1.165, 1.54) is 17.4 Å². The molecule has 7 heteroatoms. The predicted octanol–water partition coefficient (Wildman–Crippen LogP) is 4.07. The minimum Gasteiger partial charge on any atom is -0.478 e. The summed E-state index contributed by atoms with van der Waals surface area (Å²) in [5.74, 6) is -1.40. The molecule has 2 aromatic rings. The molecule has 0 saturated carbocycles. The van der Waals surface area contributed by atoms with Gasteiger partial charge in [0.25, 0.3) is 5.91 Å². The van der Waals surface area contributed by atoms with E-state index in [-0.39, 0.29) is 11.5 Å². The number of hydrogen-bond acceptors (Lipinski definition) is 3. The summed E-state index contributed by atoms with van der Waals surface area (Å²) in [6.07, 6.45) is 0. The second-order valence-corrected chi connectivity index (χ2v) is 7.12. The zero-order chi connectivity index (χ0) is 14.0. The first-order valence-electron chi connectivity index (χ1n) is 5.05. The Morgan fingerprint density at radius 3 is 2.63 bits per heavy atom. The average Bonchev–Trinajstić information content (AvgIpc) is 2.78. The molecule has 0 aliphatic carbocycles. The molecule has 1 aromatic carbocycles. The molecule has 1 amide bonds. The lowest BCUT2D eigenvalue weighted by atomic mass is 10.1. The molecule has 2 N–H and O–H groups in total. The predicted molar refractivity (Wildman–Crippen MR) is 86.1 cm³/mol. The summed E-state index contributed by atoms with van der Waals surface area (Å²) < 4.78 is 1.64. The molecule has 0 fully saturated rings. The Bertz CT molecular complexity index is 656. The number of carbonyl (C=O) groups is 2. The molecule has 0 atom stereocenters. The van der Waals surface area contributed by atoms with Gasteiger partial charge in [0.2, 0.25) is 0 Å². The van der Waals surface area contributed by atoms with Crippen LogP contribution in [0, 0.1) is 3.57 Å². The summed E-state index contributed by atoms with van der Waals surface area (Å²) in [5, 5.41) is 13.4. The standard InChI is InChI=1S/C12H7BrINO3S/c13-10-3-6(5-19-10)11(16)15-9-2-1-7(14)4-8(9)12(17)18/h1-5H,(H,15,16)(H,17,18). The van der Waals surface area contributed by atoms with Gasteiger partial charge in [-0.05, 0) is 62.8 Å². The quantitative estimate of drug-likeness (QED) is 0.691. The van der Waals surface area contributed by atoms with Crippen LogP contribution in [0.15, 0.2) is 33.4 Å². The van der Waals surface area contributed by atoms with E-state index < -0.39 is 5.97 Å². The van der Waals surface area contributed by atoms with Crippen molar-refractivity contribution < 1.29 is 14.7 Å². The zero-order valence-electron chi connectivity index (χ0n) is 9.31. The molecule has 1 aromatic heterocycles. The molecule has 19 heavy (non-hydrogen) atoms. The van der Waals surface area contributed by atoms with Crippen molar-refractivity contribution in [1.82, 2.24) is 0 Å².